The van der Waals surface area contributed by atoms with Crippen molar-refractivity contribution in [2.75, 3.05) is 32.9 Å². The number of urea groups is 1. The van der Waals surface area contributed by atoms with E-state index in [1.807, 2.05) is 4.90 Å². The van der Waals surface area contributed by atoms with Crippen molar-refractivity contribution < 1.29 is 23.1 Å². The van der Waals surface area contributed by atoms with E-state index in [1.165, 1.54) is 33.5 Å². The van der Waals surface area contributed by atoms with Crippen LogP contribution in [0.3, 0.4) is 0 Å². The van der Waals surface area contributed by atoms with Gasteiger partial charge in [-0.2, -0.15) is 17.0 Å². The highest BCUT2D eigenvalue weighted by Crippen LogP contribution is 2.36. The number of hydrogen-bond acceptors (Lipinski definition) is 6. The zero-order valence-corrected chi connectivity index (χ0v) is 21.9. The topological polar surface area (TPSA) is 123 Å². The Kier molecular flexibility index (Phi) is 9.23. The maximum atomic E-state index is 13.4. The number of amides is 2. The molecule has 2 amide bonds. The van der Waals surface area contributed by atoms with Gasteiger partial charge in [0.2, 0.25) is 0 Å². The maximum absolute atomic E-state index is 13.4. The first-order valence-electron chi connectivity index (χ1n) is 11.4. The zero-order chi connectivity index (χ0) is 24.2. The van der Waals surface area contributed by atoms with Gasteiger partial charge in [0.25, 0.3) is 10.2 Å². The Balaban J connectivity index is 1.64. The Morgan fingerprint density at radius 1 is 1.18 bits per heavy atom. The monoisotopic (exact) mass is 521 g/mol. The fraction of sp³-hybridized carbons (Fsp3) is 0.800. The molecule has 2 N–H and O–H groups in total. The summed E-state index contributed by atoms with van der Waals surface area (Å²) in [6.45, 7) is 3.02. The summed E-state index contributed by atoms with van der Waals surface area (Å²) >= 11 is 0. The molecule has 0 spiro atoms. The highest BCUT2D eigenvalue weighted by molar-refractivity contribution is 8.89. The van der Waals surface area contributed by atoms with Crippen molar-refractivity contribution in [1.82, 2.24) is 18.8 Å². The summed E-state index contributed by atoms with van der Waals surface area (Å²) in [7, 11) is 0.670. The first-order valence-corrected chi connectivity index (χ1v) is 15.5. The number of nitrogens with zero attached hydrogens (tertiary/aromatic N) is 4. The third-order valence-electron chi connectivity index (χ3n) is 6.42. The number of rotatable bonds is 7. The lowest BCUT2D eigenvalue weighted by atomic mass is 9.85. The molecule has 188 valence electrons. The summed E-state index contributed by atoms with van der Waals surface area (Å²) in [5, 5.41) is 12.3. The van der Waals surface area contributed by atoms with Crippen molar-refractivity contribution in [3.63, 3.8) is 0 Å². The van der Waals surface area contributed by atoms with Crippen LogP contribution in [-0.2, 0) is 15.0 Å². The Hall–Kier alpha value is -1.15. The standard InChI is InChI=1S/C20H35N5O5S3/c1-15-4-6-16(7-5-15)25(17-8-11-24(12-9-17)33(29,30)23(2)3)20(28)22-19-21-14-32(31-19)13-10-18(26)27/h14-17H,4-13H2,1-3H3,(H,26,27)(H,21,22,28). The van der Waals surface area contributed by atoms with E-state index < -0.39 is 16.2 Å². The number of nitrogens with one attached hydrogen (secondary N) is 1. The molecule has 0 radical (unpaired) electrons. The van der Waals surface area contributed by atoms with Crippen LogP contribution in [0, 0.1) is 5.92 Å². The van der Waals surface area contributed by atoms with E-state index in [0.717, 1.165) is 25.7 Å². The predicted molar refractivity (Wildman–Crippen MR) is 135 cm³/mol. The number of aliphatic carboxylic acids is 1. The minimum atomic E-state index is -3.46. The van der Waals surface area contributed by atoms with E-state index in [4.69, 9.17) is 5.11 Å². The van der Waals surface area contributed by atoms with Gasteiger partial charge in [-0.25, -0.2) is 9.79 Å². The van der Waals surface area contributed by atoms with E-state index in [2.05, 4.69) is 17.2 Å². The first kappa shape index (κ1) is 26.5. The van der Waals surface area contributed by atoms with E-state index >= 15 is 0 Å². The lowest BCUT2D eigenvalue weighted by Gasteiger charge is -2.44. The van der Waals surface area contributed by atoms with Gasteiger partial charge < -0.3 is 10.0 Å². The minimum Gasteiger partial charge on any atom is -0.481 e. The van der Waals surface area contributed by atoms with Crippen LogP contribution in [0.2, 0.25) is 0 Å². The first-order chi connectivity index (χ1) is 15.6. The summed E-state index contributed by atoms with van der Waals surface area (Å²) in [4.78, 5) is 30.5. The summed E-state index contributed by atoms with van der Waals surface area (Å²) < 4.78 is 27.7. The molecule has 1 saturated carbocycles. The molecular formula is C20H35N5O5S3. The van der Waals surface area contributed by atoms with E-state index in [9.17, 15) is 18.0 Å². The molecule has 10 nitrogen and oxygen atoms in total. The second-order valence-corrected chi connectivity index (χ2v) is 14.9. The van der Waals surface area contributed by atoms with Crippen LogP contribution >= 0.6 is 20.3 Å². The van der Waals surface area contributed by atoms with Crippen molar-refractivity contribution in [2.45, 2.75) is 64.0 Å². The molecule has 2 fully saturated rings. The largest absolute Gasteiger partial charge is 0.481 e. The molecule has 2 heterocycles. The van der Waals surface area contributed by atoms with E-state index in [1.54, 1.807) is 5.49 Å². The summed E-state index contributed by atoms with van der Waals surface area (Å²) in [6, 6.07) is -0.0884. The van der Waals surface area contributed by atoms with E-state index in [0.29, 0.717) is 42.8 Å². The number of carboxylic acids is 1. The van der Waals surface area contributed by atoms with Crippen molar-refractivity contribution in [3.8, 4) is 0 Å². The number of piperidine rings is 1. The Morgan fingerprint density at radius 3 is 2.36 bits per heavy atom. The van der Waals surface area contributed by atoms with Gasteiger partial charge in [0.1, 0.15) is 0 Å². The van der Waals surface area contributed by atoms with Crippen LogP contribution in [0.25, 0.3) is 0 Å². The molecule has 1 unspecified atom stereocenters. The fourth-order valence-corrected chi connectivity index (χ4v) is 8.55. The highest BCUT2D eigenvalue weighted by atomic mass is 33.1. The molecule has 1 aliphatic carbocycles. The summed E-state index contributed by atoms with van der Waals surface area (Å²) in [5.41, 5.74) is 1.72. The fourth-order valence-electron chi connectivity index (χ4n) is 4.47. The third-order valence-corrected chi connectivity index (χ3v) is 11.8. The number of carbonyl (C=O) groups excluding carboxylic acids is 1. The second-order valence-electron chi connectivity index (χ2n) is 9.02. The molecule has 0 aromatic carbocycles. The van der Waals surface area contributed by atoms with Crippen molar-refractivity contribution in [2.24, 2.45) is 10.9 Å². The smallest absolute Gasteiger partial charge is 0.323 e. The number of aliphatic imine (C=N–C) groups is 1. The Labute approximate surface area is 202 Å². The average Bonchev–Trinajstić information content (AvgIpc) is 3.21. The number of amidine groups is 1. The third kappa shape index (κ3) is 6.93. The van der Waals surface area contributed by atoms with Crippen LogP contribution in [0.15, 0.2) is 4.99 Å². The predicted octanol–water partition coefficient (Wildman–Crippen LogP) is 2.37. The molecule has 0 aromatic heterocycles. The molecule has 1 saturated heterocycles. The van der Waals surface area contributed by atoms with Gasteiger partial charge >= 0.3 is 12.0 Å². The normalized spacial score (nSPS) is 27.2. The SMILES string of the molecule is CC1CCC(N(C(=O)NC2=NC=S(CCC(=O)O)S2)C2CCN(S(=O)(=O)N(C)C)CC2)CC1. The highest BCUT2D eigenvalue weighted by Gasteiger charge is 2.38. The van der Waals surface area contributed by atoms with Crippen molar-refractivity contribution in [1.29, 1.82) is 0 Å². The Morgan fingerprint density at radius 2 is 1.79 bits per heavy atom. The molecule has 3 rings (SSSR count). The molecule has 33 heavy (non-hydrogen) atoms. The van der Waals surface area contributed by atoms with Gasteiger partial charge in [0.15, 0.2) is 5.17 Å². The van der Waals surface area contributed by atoms with Gasteiger partial charge in [-0.1, -0.05) is 6.92 Å². The minimum absolute atomic E-state index is 0.0294. The zero-order valence-electron chi connectivity index (χ0n) is 19.5. The van der Waals surface area contributed by atoms with Gasteiger partial charge in [0, 0.05) is 45.0 Å². The second kappa shape index (κ2) is 11.5. The number of carbonyl (C=O) groups is 2. The Bertz CT molecular complexity index is 892. The van der Waals surface area contributed by atoms with Gasteiger partial charge in [0.05, 0.1) is 11.9 Å². The molecule has 1 atom stereocenters. The van der Waals surface area contributed by atoms with E-state index in [-0.39, 0.29) is 34.1 Å². The molecule has 13 heteroatoms. The van der Waals surface area contributed by atoms with Gasteiger partial charge in [-0.05, 0) is 55.2 Å². The summed E-state index contributed by atoms with van der Waals surface area (Å²) in [5.74, 6) is 0.305. The number of hydrogen-bond donors (Lipinski definition) is 2. The summed E-state index contributed by atoms with van der Waals surface area (Å²) in [6.07, 6.45) is 5.31. The van der Waals surface area contributed by atoms with Crippen LogP contribution in [0.5, 0.6) is 0 Å². The molecule has 0 aromatic rings. The molecular weight excluding hydrogens is 486 g/mol. The molecule has 0 bridgehead atoms. The molecule has 2 aliphatic heterocycles. The lowest BCUT2D eigenvalue weighted by molar-refractivity contribution is -0.136. The quantitative estimate of drug-likeness (QED) is 0.392. The van der Waals surface area contributed by atoms with Crippen LogP contribution in [-0.4, -0.2) is 94.7 Å². The number of carboxylic acid groups (broad SMARTS) is 1. The van der Waals surface area contributed by atoms with Crippen LogP contribution in [0.4, 0.5) is 4.79 Å². The van der Waals surface area contributed by atoms with Gasteiger partial charge in [-0.15, -0.1) is 9.52 Å². The van der Waals surface area contributed by atoms with Crippen LogP contribution < -0.4 is 5.32 Å². The van der Waals surface area contributed by atoms with Crippen molar-refractivity contribution >= 4 is 53.2 Å². The van der Waals surface area contributed by atoms with Crippen molar-refractivity contribution in [3.05, 3.63) is 0 Å². The maximum Gasteiger partial charge on any atom is 0.323 e. The van der Waals surface area contributed by atoms with Crippen LogP contribution in [0.1, 0.15) is 51.9 Å². The average molecular weight is 522 g/mol. The lowest BCUT2D eigenvalue weighted by Crippen LogP contribution is -2.57. The molecule has 3 aliphatic rings. The van der Waals surface area contributed by atoms with Gasteiger partial charge in [-0.3, -0.25) is 10.1 Å².